The monoisotopic (exact) mass is 441 g/mol. The summed E-state index contributed by atoms with van der Waals surface area (Å²) in [6, 6.07) is 0. The van der Waals surface area contributed by atoms with Gasteiger partial charge in [0.1, 0.15) is 6.61 Å². The molecule has 1 N–H and O–H groups in total. The van der Waals surface area contributed by atoms with Gasteiger partial charge in [0.05, 0.1) is 0 Å². The number of ether oxygens (including phenoxy) is 2. The highest BCUT2D eigenvalue weighted by Gasteiger charge is 2.21. The fourth-order valence-corrected chi connectivity index (χ4v) is 3.51. The quantitative estimate of drug-likeness (QED) is 0.122. The Hall–Kier alpha value is -1.59. The minimum Gasteiger partial charge on any atom is -0.461 e. The van der Waals surface area contributed by atoms with Gasteiger partial charge in [-0.05, 0) is 6.42 Å². The summed E-state index contributed by atoms with van der Waals surface area (Å²) >= 11 is 0. The molecule has 0 bridgehead atoms. The molecule has 0 aliphatic rings. The maximum absolute atomic E-state index is 12.0. The summed E-state index contributed by atoms with van der Waals surface area (Å²) in [4.78, 5) is 33.7. The lowest BCUT2D eigenvalue weighted by Crippen LogP contribution is -2.40. The van der Waals surface area contributed by atoms with Crippen molar-refractivity contribution in [2.24, 2.45) is 0 Å². The van der Waals surface area contributed by atoms with E-state index in [2.05, 4.69) is 12.2 Å². The van der Waals surface area contributed by atoms with Crippen LogP contribution in [0.15, 0.2) is 0 Å². The van der Waals surface area contributed by atoms with E-state index < -0.39 is 18.0 Å². The fraction of sp³-hybridized carbons (Fsp3) is 0.880. The van der Waals surface area contributed by atoms with Gasteiger partial charge in [0.15, 0.2) is 0 Å². The van der Waals surface area contributed by atoms with Crippen LogP contribution in [-0.2, 0) is 23.9 Å². The standard InChI is InChI=1S/C25H47NO5/c1-3-5-6-7-8-9-10-11-12-13-14-15-16-17-18-19-20-26-25(29)23(31-22-27)21-30-24(28)4-2/h22-23H,3-21H2,1-2H3,(H,26,29). The molecule has 0 aromatic carbocycles. The van der Waals surface area contributed by atoms with Crippen LogP contribution in [0.25, 0.3) is 0 Å². The fourth-order valence-electron chi connectivity index (χ4n) is 3.51. The normalized spacial score (nSPS) is 11.7. The van der Waals surface area contributed by atoms with Crippen LogP contribution in [-0.4, -0.2) is 37.6 Å². The van der Waals surface area contributed by atoms with E-state index in [4.69, 9.17) is 9.47 Å². The predicted molar refractivity (Wildman–Crippen MR) is 125 cm³/mol. The number of unbranched alkanes of at least 4 members (excludes halogenated alkanes) is 15. The maximum Gasteiger partial charge on any atom is 0.305 e. The van der Waals surface area contributed by atoms with Crippen LogP contribution in [0, 0.1) is 0 Å². The number of hydrogen-bond acceptors (Lipinski definition) is 5. The smallest absolute Gasteiger partial charge is 0.305 e. The third-order valence-electron chi connectivity index (χ3n) is 5.53. The number of esters is 1. The van der Waals surface area contributed by atoms with Crippen molar-refractivity contribution in [3.63, 3.8) is 0 Å². The second-order valence-corrected chi connectivity index (χ2v) is 8.35. The molecular weight excluding hydrogens is 394 g/mol. The van der Waals surface area contributed by atoms with Gasteiger partial charge in [0, 0.05) is 13.0 Å². The van der Waals surface area contributed by atoms with Crippen LogP contribution in [0.2, 0.25) is 0 Å². The van der Waals surface area contributed by atoms with E-state index in [1.165, 1.54) is 89.9 Å². The molecule has 0 rings (SSSR count). The highest BCUT2D eigenvalue weighted by Crippen LogP contribution is 2.13. The second-order valence-electron chi connectivity index (χ2n) is 8.35. The molecule has 0 heterocycles. The van der Waals surface area contributed by atoms with Gasteiger partial charge in [0.25, 0.3) is 12.4 Å². The highest BCUT2D eigenvalue weighted by molar-refractivity contribution is 5.82. The van der Waals surface area contributed by atoms with Crippen LogP contribution in [0.3, 0.4) is 0 Å². The molecule has 0 radical (unpaired) electrons. The van der Waals surface area contributed by atoms with Crippen molar-refractivity contribution in [1.29, 1.82) is 0 Å². The summed E-state index contributed by atoms with van der Waals surface area (Å²) < 4.78 is 9.59. The van der Waals surface area contributed by atoms with E-state index in [-0.39, 0.29) is 19.5 Å². The zero-order valence-electron chi connectivity index (χ0n) is 20.1. The van der Waals surface area contributed by atoms with E-state index in [0.29, 0.717) is 6.54 Å². The molecule has 0 aromatic rings. The lowest BCUT2D eigenvalue weighted by molar-refractivity contribution is -0.156. The second kappa shape index (κ2) is 23.1. The average molecular weight is 442 g/mol. The first-order valence-electron chi connectivity index (χ1n) is 12.7. The van der Waals surface area contributed by atoms with E-state index >= 15 is 0 Å². The Morgan fingerprint density at radius 1 is 0.742 bits per heavy atom. The van der Waals surface area contributed by atoms with Crippen molar-refractivity contribution in [1.82, 2.24) is 5.32 Å². The van der Waals surface area contributed by atoms with Crippen molar-refractivity contribution >= 4 is 18.3 Å². The molecule has 182 valence electrons. The predicted octanol–water partition coefficient (Wildman–Crippen LogP) is 5.86. The summed E-state index contributed by atoms with van der Waals surface area (Å²) in [6.07, 6.45) is 20.0. The minimum atomic E-state index is -1.07. The van der Waals surface area contributed by atoms with Gasteiger partial charge in [0.2, 0.25) is 6.10 Å². The van der Waals surface area contributed by atoms with Gasteiger partial charge in [-0.1, -0.05) is 110 Å². The minimum absolute atomic E-state index is 0.207. The molecule has 6 heteroatoms. The number of amides is 1. The molecule has 0 spiro atoms. The topological polar surface area (TPSA) is 81.7 Å². The summed E-state index contributed by atoms with van der Waals surface area (Å²) in [5.74, 6) is -0.845. The molecule has 0 fully saturated rings. The summed E-state index contributed by atoms with van der Waals surface area (Å²) in [5, 5.41) is 2.74. The first-order chi connectivity index (χ1) is 15.2. The molecule has 1 amide bonds. The van der Waals surface area contributed by atoms with E-state index in [9.17, 15) is 14.4 Å². The van der Waals surface area contributed by atoms with Crippen molar-refractivity contribution in [2.45, 2.75) is 129 Å². The number of nitrogens with one attached hydrogen (secondary N) is 1. The molecule has 0 saturated heterocycles. The Balaban J connectivity index is 3.45. The van der Waals surface area contributed by atoms with E-state index in [1.54, 1.807) is 6.92 Å². The third kappa shape index (κ3) is 20.1. The zero-order chi connectivity index (χ0) is 23.0. The SMILES string of the molecule is CCCCCCCCCCCCCCCCCCNC(=O)C(COC(=O)CC)OC=O. The first kappa shape index (κ1) is 29.4. The van der Waals surface area contributed by atoms with Gasteiger partial charge >= 0.3 is 5.97 Å². The molecule has 31 heavy (non-hydrogen) atoms. The van der Waals surface area contributed by atoms with Crippen LogP contribution in [0.5, 0.6) is 0 Å². The Morgan fingerprint density at radius 3 is 1.61 bits per heavy atom. The lowest BCUT2D eigenvalue weighted by Gasteiger charge is -2.15. The van der Waals surface area contributed by atoms with Gasteiger partial charge in [-0.25, -0.2) is 0 Å². The molecule has 0 saturated carbocycles. The van der Waals surface area contributed by atoms with Gasteiger partial charge in [-0.15, -0.1) is 0 Å². The highest BCUT2D eigenvalue weighted by atomic mass is 16.6. The average Bonchev–Trinajstić information content (AvgIpc) is 2.78. The molecule has 1 unspecified atom stereocenters. The lowest BCUT2D eigenvalue weighted by atomic mass is 10.0. The summed E-state index contributed by atoms with van der Waals surface area (Å²) in [5.41, 5.74) is 0. The number of rotatable bonds is 23. The van der Waals surface area contributed by atoms with Crippen LogP contribution in [0.1, 0.15) is 123 Å². The van der Waals surface area contributed by atoms with Crippen molar-refractivity contribution in [3.05, 3.63) is 0 Å². The Morgan fingerprint density at radius 2 is 1.19 bits per heavy atom. The summed E-state index contributed by atoms with van der Waals surface area (Å²) in [6.45, 7) is 4.43. The summed E-state index contributed by atoms with van der Waals surface area (Å²) in [7, 11) is 0. The maximum atomic E-state index is 12.0. The van der Waals surface area contributed by atoms with E-state index in [0.717, 1.165) is 12.8 Å². The van der Waals surface area contributed by atoms with Crippen molar-refractivity contribution < 1.29 is 23.9 Å². The van der Waals surface area contributed by atoms with E-state index in [1.807, 2.05) is 0 Å². The molecular formula is C25H47NO5. The van der Waals surface area contributed by atoms with Crippen LogP contribution < -0.4 is 5.32 Å². The third-order valence-corrected chi connectivity index (χ3v) is 5.53. The zero-order valence-corrected chi connectivity index (χ0v) is 20.1. The van der Waals surface area contributed by atoms with Gasteiger partial charge < -0.3 is 14.8 Å². The van der Waals surface area contributed by atoms with Gasteiger partial charge in [-0.2, -0.15) is 0 Å². The molecule has 0 aromatic heterocycles. The van der Waals surface area contributed by atoms with Crippen LogP contribution in [0.4, 0.5) is 0 Å². The van der Waals surface area contributed by atoms with Crippen molar-refractivity contribution in [3.8, 4) is 0 Å². The first-order valence-corrected chi connectivity index (χ1v) is 12.7. The molecule has 6 nitrogen and oxygen atoms in total. The van der Waals surface area contributed by atoms with Crippen molar-refractivity contribution in [2.75, 3.05) is 13.2 Å². The number of carbonyl (C=O) groups excluding carboxylic acids is 3. The van der Waals surface area contributed by atoms with Gasteiger partial charge in [-0.3, -0.25) is 14.4 Å². The number of carbonyl (C=O) groups is 3. The Kier molecular flexibility index (Phi) is 21.9. The Bertz CT molecular complexity index is 442. The number of hydrogen-bond donors (Lipinski definition) is 1. The Labute approximate surface area is 190 Å². The largest absolute Gasteiger partial charge is 0.461 e. The van der Waals surface area contributed by atoms with Crippen LogP contribution >= 0.6 is 0 Å². The molecule has 1 atom stereocenters. The molecule has 0 aliphatic carbocycles. The molecule has 0 aliphatic heterocycles.